The molecule has 2 rings (SSSR count). The predicted octanol–water partition coefficient (Wildman–Crippen LogP) is 1.97. The smallest absolute Gasteiger partial charge is 0.261 e. The van der Waals surface area contributed by atoms with Crippen molar-refractivity contribution in [1.29, 1.82) is 0 Å². The highest BCUT2D eigenvalue weighted by Crippen LogP contribution is 2.28. The molecule has 2 aromatic rings. The van der Waals surface area contributed by atoms with Gasteiger partial charge in [-0.05, 0) is 48.9 Å². The molecule has 0 heterocycles. The third-order valence-electron chi connectivity index (χ3n) is 3.50. The van der Waals surface area contributed by atoms with Crippen LogP contribution in [0.2, 0.25) is 0 Å². The molecular weight excluding hydrogens is 378 g/mol. The summed E-state index contributed by atoms with van der Waals surface area (Å²) in [5.74, 6) is 0.519. The summed E-state index contributed by atoms with van der Waals surface area (Å²) in [6.07, 6.45) is 0.807. The van der Waals surface area contributed by atoms with Crippen LogP contribution in [0.5, 0.6) is 5.75 Å². The Kier molecular flexibility index (Phi) is 6.11. The number of rotatable bonds is 8. The molecule has 2 aromatic carbocycles. The fraction of sp³-hybridized carbons (Fsp3) is 0.250. The van der Waals surface area contributed by atoms with Gasteiger partial charge in [0.15, 0.2) is 0 Å². The van der Waals surface area contributed by atoms with Gasteiger partial charge in [0.25, 0.3) is 10.0 Å². The standard InChI is InChI=1S/C16H21N3O5S2/c1-3-10-18-15-9-8-14(25(17,20)21)11-16(15)19-26(22,23)13-6-4-12(24-2)5-7-13/h4-9,11,18-19H,3,10H2,1-2H3,(H2,17,20,21). The predicted molar refractivity (Wildman–Crippen MR) is 100 cm³/mol. The Morgan fingerprint density at radius 2 is 1.58 bits per heavy atom. The zero-order chi connectivity index (χ0) is 19.4. The number of sulfonamides is 2. The van der Waals surface area contributed by atoms with Gasteiger partial charge < -0.3 is 10.1 Å². The molecular formula is C16H21N3O5S2. The third kappa shape index (κ3) is 4.87. The first-order valence-electron chi connectivity index (χ1n) is 7.75. The molecule has 0 aliphatic carbocycles. The lowest BCUT2D eigenvalue weighted by Gasteiger charge is -2.15. The van der Waals surface area contributed by atoms with Crippen molar-refractivity contribution in [2.45, 2.75) is 23.1 Å². The van der Waals surface area contributed by atoms with E-state index in [9.17, 15) is 16.8 Å². The van der Waals surface area contributed by atoms with E-state index in [0.29, 0.717) is 18.0 Å². The first-order valence-corrected chi connectivity index (χ1v) is 10.8. The van der Waals surface area contributed by atoms with Crippen LogP contribution in [0.1, 0.15) is 13.3 Å². The fourth-order valence-electron chi connectivity index (χ4n) is 2.16. The number of anilines is 2. The van der Waals surface area contributed by atoms with E-state index >= 15 is 0 Å². The minimum Gasteiger partial charge on any atom is -0.497 e. The van der Waals surface area contributed by atoms with Crippen molar-refractivity contribution < 1.29 is 21.6 Å². The number of nitrogens with two attached hydrogens (primary N) is 1. The quantitative estimate of drug-likeness (QED) is 0.623. The maximum Gasteiger partial charge on any atom is 0.261 e. The molecule has 0 aromatic heterocycles. The Hall–Kier alpha value is -2.30. The van der Waals surface area contributed by atoms with Gasteiger partial charge in [-0.2, -0.15) is 0 Å². The van der Waals surface area contributed by atoms with Gasteiger partial charge >= 0.3 is 0 Å². The number of hydrogen-bond donors (Lipinski definition) is 3. The van der Waals surface area contributed by atoms with Crippen LogP contribution in [-0.4, -0.2) is 30.5 Å². The van der Waals surface area contributed by atoms with E-state index in [1.165, 1.54) is 49.6 Å². The van der Waals surface area contributed by atoms with Gasteiger partial charge in [0.05, 0.1) is 28.3 Å². The number of hydrogen-bond acceptors (Lipinski definition) is 6. The van der Waals surface area contributed by atoms with Crippen molar-refractivity contribution in [3.8, 4) is 5.75 Å². The first-order chi connectivity index (χ1) is 12.2. The van der Waals surface area contributed by atoms with Gasteiger partial charge in [-0.3, -0.25) is 4.72 Å². The van der Waals surface area contributed by atoms with Crippen molar-refractivity contribution in [2.75, 3.05) is 23.7 Å². The monoisotopic (exact) mass is 399 g/mol. The molecule has 142 valence electrons. The Balaban J connectivity index is 2.43. The Morgan fingerprint density at radius 1 is 0.962 bits per heavy atom. The molecule has 0 saturated heterocycles. The highest BCUT2D eigenvalue weighted by Gasteiger charge is 2.18. The third-order valence-corrected chi connectivity index (χ3v) is 5.79. The number of primary sulfonamides is 1. The van der Waals surface area contributed by atoms with Crippen molar-refractivity contribution in [2.24, 2.45) is 5.14 Å². The van der Waals surface area contributed by atoms with Crippen molar-refractivity contribution >= 4 is 31.4 Å². The van der Waals surface area contributed by atoms with Crippen LogP contribution in [0.4, 0.5) is 11.4 Å². The Bertz CT molecular complexity index is 971. The maximum absolute atomic E-state index is 12.6. The van der Waals surface area contributed by atoms with Crippen LogP contribution in [0, 0.1) is 0 Å². The topological polar surface area (TPSA) is 128 Å². The molecule has 0 fully saturated rings. The second-order valence-corrected chi connectivity index (χ2v) is 8.70. The molecule has 0 spiro atoms. The molecule has 0 amide bonds. The zero-order valence-corrected chi connectivity index (χ0v) is 16.0. The van der Waals surface area contributed by atoms with Crippen LogP contribution < -0.4 is 19.9 Å². The number of nitrogens with one attached hydrogen (secondary N) is 2. The van der Waals surface area contributed by atoms with Crippen LogP contribution in [0.3, 0.4) is 0 Å². The Labute approximate surface area is 153 Å². The molecule has 0 saturated carbocycles. The van der Waals surface area contributed by atoms with Gasteiger partial charge in [-0.25, -0.2) is 22.0 Å². The zero-order valence-electron chi connectivity index (χ0n) is 14.4. The highest BCUT2D eigenvalue weighted by molar-refractivity contribution is 7.92. The summed E-state index contributed by atoms with van der Waals surface area (Å²) in [6, 6.07) is 9.80. The number of ether oxygens (including phenoxy) is 1. The molecule has 10 heteroatoms. The van der Waals surface area contributed by atoms with Gasteiger partial charge in [-0.1, -0.05) is 6.92 Å². The van der Waals surface area contributed by atoms with E-state index in [-0.39, 0.29) is 15.5 Å². The minimum absolute atomic E-state index is 0.0146. The van der Waals surface area contributed by atoms with Crippen LogP contribution >= 0.6 is 0 Å². The van der Waals surface area contributed by atoms with E-state index in [0.717, 1.165) is 6.42 Å². The normalized spacial score (nSPS) is 11.8. The molecule has 4 N–H and O–H groups in total. The van der Waals surface area contributed by atoms with E-state index in [1.54, 1.807) is 0 Å². The van der Waals surface area contributed by atoms with Gasteiger partial charge in [0, 0.05) is 6.54 Å². The summed E-state index contributed by atoms with van der Waals surface area (Å²) in [5.41, 5.74) is 0.553. The van der Waals surface area contributed by atoms with E-state index in [4.69, 9.17) is 9.88 Å². The van der Waals surface area contributed by atoms with Gasteiger partial charge in [-0.15, -0.1) is 0 Å². The molecule has 26 heavy (non-hydrogen) atoms. The average Bonchev–Trinajstić information content (AvgIpc) is 2.59. The Morgan fingerprint density at radius 3 is 2.12 bits per heavy atom. The molecule has 0 bridgehead atoms. The fourth-order valence-corrected chi connectivity index (χ4v) is 3.77. The van der Waals surface area contributed by atoms with E-state index < -0.39 is 20.0 Å². The SMILES string of the molecule is CCCNc1ccc(S(N)(=O)=O)cc1NS(=O)(=O)c1ccc(OC)cc1. The molecule has 0 aliphatic heterocycles. The van der Waals surface area contributed by atoms with Crippen LogP contribution in [0.15, 0.2) is 52.3 Å². The summed E-state index contributed by atoms with van der Waals surface area (Å²) in [5, 5.41) is 8.19. The average molecular weight is 399 g/mol. The summed E-state index contributed by atoms with van der Waals surface area (Å²) in [4.78, 5) is -0.173. The summed E-state index contributed by atoms with van der Waals surface area (Å²) in [6.45, 7) is 2.54. The first kappa shape index (κ1) is 20.0. The minimum atomic E-state index is -3.97. The lowest BCUT2D eigenvalue weighted by atomic mass is 10.2. The van der Waals surface area contributed by atoms with E-state index in [1.807, 2.05) is 6.92 Å². The maximum atomic E-state index is 12.6. The molecule has 8 nitrogen and oxygen atoms in total. The second kappa shape index (κ2) is 7.94. The lowest BCUT2D eigenvalue weighted by Crippen LogP contribution is -2.17. The number of benzene rings is 2. The largest absolute Gasteiger partial charge is 0.497 e. The van der Waals surface area contributed by atoms with Crippen LogP contribution in [0.25, 0.3) is 0 Å². The molecule has 0 radical (unpaired) electrons. The molecule has 0 atom stereocenters. The summed E-state index contributed by atoms with van der Waals surface area (Å²) >= 11 is 0. The molecule has 0 unspecified atom stereocenters. The summed E-state index contributed by atoms with van der Waals surface area (Å²) < 4.78 is 55.8. The number of methoxy groups -OCH3 is 1. The lowest BCUT2D eigenvalue weighted by molar-refractivity contribution is 0.414. The van der Waals surface area contributed by atoms with Crippen LogP contribution in [-0.2, 0) is 20.0 Å². The van der Waals surface area contributed by atoms with Crippen molar-refractivity contribution in [1.82, 2.24) is 0 Å². The summed E-state index contributed by atoms with van der Waals surface area (Å²) in [7, 11) is -6.42. The second-order valence-electron chi connectivity index (χ2n) is 5.46. The highest BCUT2D eigenvalue weighted by atomic mass is 32.2. The van der Waals surface area contributed by atoms with Gasteiger partial charge in [0.1, 0.15) is 5.75 Å². The van der Waals surface area contributed by atoms with Crippen molar-refractivity contribution in [3.05, 3.63) is 42.5 Å². The van der Waals surface area contributed by atoms with E-state index in [2.05, 4.69) is 10.0 Å². The van der Waals surface area contributed by atoms with Gasteiger partial charge in [0.2, 0.25) is 10.0 Å². The van der Waals surface area contributed by atoms with Crippen molar-refractivity contribution in [3.63, 3.8) is 0 Å². The molecule has 0 aliphatic rings.